The van der Waals surface area contributed by atoms with E-state index in [0.717, 1.165) is 25.5 Å². The van der Waals surface area contributed by atoms with Gasteiger partial charge in [0.05, 0.1) is 13.2 Å². The second-order valence-corrected chi connectivity index (χ2v) is 16.1. The molecule has 1 aliphatic rings. The summed E-state index contributed by atoms with van der Waals surface area (Å²) in [7, 11) is -3.52. The van der Waals surface area contributed by atoms with E-state index in [1.807, 2.05) is 41.5 Å². The molecule has 12 nitrogen and oxygen atoms in total. The molecule has 1 fully saturated rings. The number of epoxide rings is 1. The molecule has 0 aromatic carbocycles. The zero-order valence-electron chi connectivity index (χ0n) is 25.9. The molecule has 1 heterocycles. The van der Waals surface area contributed by atoms with Gasteiger partial charge in [0.15, 0.2) is 0 Å². The summed E-state index contributed by atoms with van der Waals surface area (Å²) in [6.07, 6.45) is 1.95. The molecule has 0 N–H and O–H groups in total. The van der Waals surface area contributed by atoms with Gasteiger partial charge in [-0.1, -0.05) is 0 Å². The van der Waals surface area contributed by atoms with Gasteiger partial charge in [0.1, 0.15) is 6.10 Å². The van der Waals surface area contributed by atoms with Gasteiger partial charge >= 0.3 is 26.7 Å². The topological polar surface area (TPSA) is 114 Å². The monoisotopic (exact) mass is 620 g/mol. The molecule has 0 bridgehead atoms. The number of hydrogen-bond acceptors (Lipinski definition) is 12. The van der Waals surface area contributed by atoms with Crippen molar-refractivity contribution in [1.82, 2.24) is 0 Å². The Morgan fingerprint density at radius 3 is 1.23 bits per heavy atom. The molecule has 0 saturated carbocycles. The Labute approximate surface area is 240 Å². The molecule has 39 heavy (non-hydrogen) atoms. The first kappa shape index (κ1) is 39.2. The fourth-order valence-corrected chi connectivity index (χ4v) is 10.1. The van der Waals surface area contributed by atoms with Gasteiger partial charge < -0.3 is 53.7 Å². The van der Waals surface area contributed by atoms with Crippen LogP contribution in [0.5, 0.6) is 0 Å². The maximum Gasteiger partial charge on any atom is 0.678 e. The van der Waals surface area contributed by atoms with Crippen LogP contribution in [0.3, 0.4) is 0 Å². The first-order chi connectivity index (χ1) is 18.8. The molecule has 0 aromatic rings. The molecule has 0 amide bonds. The van der Waals surface area contributed by atoms with Gasteiger partial charge in [-0.25, -0.2) is 0 Å². The molecule has 1 saturated heterocycles. The van der Waals surface area contributed by atoms with Gasteiger partial charge in [-0.15, -0.1) is 0 Å². The predicted molar refractivity (Wildman–Crippen MR) is 153 cm³/mol. The van der Waals surface area contributed by atoms with E-state index in [1.54, 1.807) is 0 Å². The van der Waals surface area contributed by atoms with Gasteiger partial charge in [0.25, 0.3) is 0 Å². The zero-order valence-corrected chi connectivity index (χ0v) is 28.9. The Hall–Kier alpha value is 0.171. The van der Waals surface area contributed by atoms with Gasteiger partial charge in [-0.2, -0.15) is 0 Å². The van der Waals surface area contributed by atoms with Gasteiger partial charge in [-0.3, -0.25) is 0 Å². The lowest BCUT2D eigenvalue weighted by Crippen LogP contribution is -2.48. The van der Waals surface area contributed by atoms with Crippen LogP contribution in [0.1, 0.15) is 54.4 Å². The van der Waals surface area contributed by atoms with Crippen molar-refractivity contribution in [3.8, 4) is 0 Å². The summed E-state index contributed by atoms with van der Waals surface area (Å²) in [5.41, 5.74) is 0. The third-order valence-corrected chi connectivity index (χ3v) is 13.7. The average Bonchev–Trinajstić information content (AvgIpc) is 3.75. The van der Waals surface area contributed by atoms with Crippen LogP contribution in [-0.2, 0) is 53.7 Å². The highest BCUT2D eigenvalue weighted by atomic mass is 28.4. The summed E-state index contributed by atoms with van der Waals surface area (Å²) in [5.74, 6) is 0. The summed E-state index contributed by atoms with van der Waals surface area (Å²) in [6, 6.07) is 1.50. The molecule has 15 heteroatoms. The maximum atomic E-state index is 5.78. The van der Waals surface area contributed by atoms with Crippen molar-refractivity contribution in [1.29, 1.82) is 0 Å². The lowest BCUT2D eigenvalue weighted by molar-refractivity contribution is 0.00430. The minimum absolute atomic E-state index is 0.331. The average molecular weight is 621 g/mol. The molecule has 1 unspecified atom stereocenters. The summed E-state index contributed by atoms with van der Waals surface area (Å²) in [6.45, 7) is 18.0. The Morgan fingerprint density at radius 2 is 0.923 bits per heavy atom. The van der Waals surface area contributed by atoms with Crippen LogP contribution in [-0.4, -0.2) is 120 Å². The Morgan fingerprint density at radius 1 is 0.564 bits per heavy atom. The van der Waals surface area contributed by atoms with E-state index in [2.05, 4.69) is 0 Å². The molecule has 1 aliphatic heterocycles. The first-order valence-electron chi connectivity index (χ1n) is 14.2. The molecule has 0 aromatic heterocycles. The highest BCUT2D eigenvalue weighted by Gasteiger charge is 2.44. The van der Waals surface area contributed by atoms with E-state index in [4.69, 9.17) is 53.7 Å². The van der Waals surface area contributed by atoms with Crippen molar-refractivity contribution < 1.29 is 53.7 Å². The highest BCUT2D eigenvalue weighted by Crippen LogP contribution is 2.20. The molecule has 0 radical (unpaired) electrons. The third-order valence-electron chi connectivity index (χ3n) is 5.32. The first-order valence-corrected chi connectivity index (χ1v) is 19.7. The molecule has 1 rings (SSSR count). The largest absolute Gasteiger partial charge is 0.678 e. The zero-order chi connectivity index (χ0) is 29.5. The van der Waals surface area contributed by atoms with Crippen LogP contribution in [0, 0.1) is 0 Å². The van der Waals surface area contributed by atoms with Crippen LogP contribution >= 0.6 is 0 Å². The van der Waals surface area contributed by atoms with Crippen molar-refractivity contribution in [3.63, 3.8) is 0 Å². The van der Waals surface area contributed by atoms with Crippen molar-refractivity contribution in [3.05, 3.63) is 0 Å². The lowest BCUT2D eigenvalue weighted by Gasteiger charge is -2.29. The predicted octanol–water partition coefficient (Wildman–Crippen LogP) is 3.66. The van der Waals surface area contributed by atoms with Crippen LogP contribution < -0.4 is 0 Å². The van der Waals surface area contributed by atoms with E-state index in [-0.39, 0.29) is 0 Å². The van der Waals surface area contributed by atoms with E-state index in [0.29, 0.717) is 71.6 Å². The van der Waals surface area contributed by atoms with Crippen molar-refractivity contribution >= 4 is 26.7 Å². The fraction of sp³-hybridized carbons (Fsp3) is 1.00. The summed E-state index contributed by atoms with van der Waals surface area (Å²) in [4.78, 5) is 0. The van der Waals surface area contributed by atoms with Crippen LogP contribution in [0.2, 0.25) is 12.1 Å². The second-order valence-electron chi connectivity index (χ2n) is 8.16. The summed E-state index contributed by atoms with van der Waals surface area (Å²) >= 11 is 0. The van der Waals surface area contributed by atoms with E-state index in [9.17, 15) is 0 Å². The quantitative estimate of drug-likeness (QED) is 0.0799. The van der Waals surface area contributed by atoms with Gasteiger partial charge in [0.2, 0.25) is 0 Å². The minimum atomic E-state index is -2.98. The number of hydrogen-bond donors (Lipinski definition) is 0. The van der Waals surface area contributed by atoms with Crippen LogP contribution in [0.25, 0.3) is 0 Å². The van der Waals surface area contributed by atoms with E-state index in [1.165, 1.54) is 21.3 Å². The Bertz CT molecular complexity index is 514. The highest BCUT2D eigenvalue weighted by molar-refractivity contribution is 6.61. The molecular formula is C24H56O12Si3. The minimum Gasteiger partial charge on any atom is -0.379 e. The Balaban J connectivity index is 0.000000748. The summed E-state index contributed by atoms with van der Waals surface area (Å²) in [5, 5.41) is 0. The fourth-order valence-electron chi connectivity index (χ4n) is 3.68. The molecular weight excluding hydrogens is 565 g/mol. The second kappa shape index (κ2) is 23.7. The van der Waals surface area contributed by atoms with Crippen molar-refractivity contribution in [2.24, 2.45) is 0 Å². The molecule has 236 valence electrons. The van der Waals surface area contributed by atoms with Crippen LogP contribution in [0.15, 0.2) is 0 Å². The number of rotatable bonds is 26. The summed E-state index contributed by atoms with van der Waals surface area (Å²) < 4.78 is 66.5. The standard InChI is InChI=1S/C12H30O7Si2.C12H26O5Si/c1-7-16-20(17-8-2,18-9-3)12-10-11-19-21(13-4,14-5)15-6;1-4-15-18(16-5-2,17-6-3)9-7-8-13-10-12-11-14-12/h7-12H2,1-6H3;12H,4-11H2,1-3H3. The van der Waals surface area contributed by atoms with Gasteiger partial charge in [-0.05, 0) is 54.4 Å². The molecule has 0 aliphatic carbocycles. The van der Waals surface area contributed by atoms with Gasteiger partial charge in [0, 0.05) is 86.3 Å². The maximum absolute atomic E-state index is 5.78. The van der Waals surface area contributed by atoms with E-state index >= 15 is 0 Å². The van der Waals surface area contributed by atoms with Crippen molar-refractivity contribution in [2.45, 2.75) is 72.6 Å². The number of ether oxygens (including phenoxy) is 2. The third kappa shape index (κ3) is 17.0. The lowest BCUT2D eigenvalue weighted by atomic mass is 10.5. The molecule has 1 atom stereocenters. The van der Waals surface area contributed by atoms with Crippen LogP contribution in [0.4, 0.5) is 0 Å². The normalized spacial score (nSPS) is 15.8. The molecule has 0 spiro atoms. The van der Waals surface area contributed by atoms with E-state index < -0.39 is 26.7 Å². The SMILES string of the molecule is CCO[Si](CCCOCC1CO1)(OCC)OCC.CCO[Si](CCCO[Si](OC)(OC)OC)(OCC)OCC. The Kier molecular flexibility index (Phi) is 23.8. The smallest absolute Gasteiger partial charge is 0.379 e. The van der Waals surface area contributed by atoms with Crippen molar-refractivity contribution in [2.75, 3.05) is 87.4 Å².